The van der Waals surface area contributed by atoms with Crippen molar-refractivity contribution in [3.05, 3.63) is 65.2 Å². The van der Waals surface area contributed by atoms with E-state index in [1.54, 1.807) is 0 Å². The van der Waals surface area contributed by atoms with Crippen molar-refractivity contribution in [1.82, 2.24) is 4.90 Å². The summed E-state index contributed by atoms with van der Waals surface area (Å²) >= 11 is 0. The molecule has 0 N–H and O–H groups in total. The van der Waals surface area contributed by atoms with Gasteiger partial charge in [0.1, 0.15) is 0 Å². The highest BCUT2D eigenvalue weighted by Crippen LogP contribution is 2.21. The van der Waals surface area contributed by atoms with Crippen LogP contribution in [0.25, 0.3) is 0 Å². The Morgan fingerprint density at radius 3 is 2.15 bits per heavy atom. The lowest BCUT2D eigenvalue weighted by Gasteiger charge is -2.17. The second-order valence-electron chi connectivity index (χ2n) is 5.68. The fourth-order valence-corrected chi connectivity index (χ4v) is 2.37. The average molecular weight is 267 g/mol. The molecule has 0 spiro atoms. The summed E-state index contributed by atoms with van der Waals surface area (Å²) in [7, 11) is 8.34. The van der Waals surface area contributed by atoms with Crippen LogP contribution in [0.2, 0.25) is 0 Å². The highest BCUT2D eigenvalue weighted by atomic mass is 15.1. The number of hydrogen-bond acceptors (Lipinski definition) is 2. The van der Waals surface area contributed by atoms with E-state index in [2.05, 4.69) is 80.5 Å². The van der Waals surface area contributed by atoms with Crippen LogP contribution in [0.15, 0.2) is 42.5 Å². The molecule has 1 radical (unpaired) electrons. The second kappa shape index (κ2) is 6.58. The van der Waals surface area contributed by atoms with Gasteiger partial charge in [-0.15, -0.1) is 0 Å². The molecule has 0 saturated heterocycles. The molecule has 0 amide bonds. The molecule has 2 aromatic carbocycles. The Labute approximate surface area is 122 Å². The van der Waals surface area contributed by atoms with Gasteiger partial charge in [-0.1, -0.05) is 36.4 Å². The molecule has 0 unspecified atom stereocenters. The van der Waals surface area contributed by atoms with Gasteiger partial charge in [-0.3, -0.25) is 0 Å². The van der Waals surface area contributed by atoms with Gasteiger partial charge < -0.3 is 9.80 Å². The second-order valence-corrected chi connectivity index (χ2v) is 5.68. The molecule has 0 fully saturated rings. The van der Waals surface area contributed by atoms with Gasteiger partial charge in [0.15, 0.2) is 0 Å². The molecular weight excluding hydrogens is 244 g/mol. The number of nitrogens with zero attached hydrogens (tertiary/aromatic N) is 2. The molecule has 0 aliphatic heterocycles. The standard InChI is InChI=1S/C18H23N2/c1-19(2)14-16-11-9-15(10-12-16)13-17-7-5-6-8-18(17)20(3)4/h5,7-12H,13-14H2,1-4H3. The van der Waals surface area contributed by atoms with Gasteiger partial charge in [-0.2, -0.15) is 0 Å². The van der Waals surface area contributed by atoms with Crippen molar-refractivity contribution in [2.45, 2.75) is 13.0 Å². The van der Waals surface area contributed by atoms with Gasteiger partial charge in [-0.05, 0) is 49.3 Å². The maximum atomic E-state index is 3.15. The SMILES string of the molecule is CN(C)Cc1ccc(Cc2cc[c]cc2N(C)C)cc1. The normalized spacial score (nSPS) is 10.8. The fraction of sp³-hybridized carbons (Fsp3) is 0.333. The summed E-state index contributed by atoms with van der Waals surface area (Å²) in [5, 5.41) is 0. The minimum atomic E-state index is 0.963. The quantitative estimate of drug-likeness (QED) is 0.821. The van der Waals surface area contributed by atoms with E-state index in [9.17, 15) is 0 Å². The zero-order valence-electron chi connectivity index (χ0n) is 12.9. The number of rotatable bonds is 5. The van der Waals surface area contributed by atoms with Gasteiger partial charge in [0.2, 0.25) is 0 Å². The lowest BCUT2D eigenvalue weighted by atomic mass is 10.0. The number of anilines is 1. The molecule has 0 aliphatic rings. The van der Waals surface area contributed by atoms with E-state index in [1.165, 1.54) is 22.4 Å². The first-order valence-electron chi connectivity index (χ1n) is 6.95. The predicted octanol–water partition coefficient (Wildman–Crippen LogP) is 3.21. The Kier molecular flexibility index (Phi) is 4.80. The molecule has 20 heavy (non-hydrogen) atoms. The van der Waals surface area contributed by atoms with E-state index < -0.39 is 0 Å². The van der Waals surface area contributed by atoms with Gasteiger partial charge in [0.25, 0.3) is 0 Å². The minimum absolute atomic E-state index is 0.963. The first kappa shape index (κ1) is 14.6. The summed E-state index contributed by atoms with van der Waals surface area (Å²) in [5.74, 6) is 0. The minimum Gasteiger partial charge on any atom is -0.377 e. The molecule has 105 valence electrons. The molecule has 2 rings (SSSR count). The first-order chi connectivity index (χ1) is 9.56. The maximum Gasteiger partial charge on any atom is 0.0403 e. The Hall–Kier alpha value is -1.80. The molecule has 2 nitrogen and oxygen atoms in total. The molecule has 2 aromatic rings. The molecule has 0 bridgehead atoms. The first-order valence-corrected chi connectivity index (χ1v) is 6.95. The molecule has 2 heteroatoms. The third-order valence-electron chi connectivity index (χ3n) is 3.33. The molecule has 0 saturated carbocycles. The van der Waals surface area contributed by atoms with Crippen molar-refractivity contribution in [3.63, 3.8) is 0 Å². The Morgan fingerprint density at radius 2 is 1.55 bits per heavy atom. The molecule has 0 aromatic heterocycles. The van der Waals surface area contributed by atoms with Crippen LogP contribution >= 0.6 is 0 Å². The van der Waals surface area contributed by atoms with Crippen LogP contribution in [0.3, 0.4) is 0 Å². The molecule has 0 aliphatic carbocycles. The monoisotopic (exact) mass is 267 g/mol. The largest absolute Gasteiger partial charge is 0.377 e. The summed E-state index contributed by atoms with van der Waals surface area (Å²) in [4.78, 5) is 4.33. The Balaban J connectivity index is 2.14. The van der Waals surface area contributed by atoms with Crippen molar-refractivity contribution >= 4 is 5.69 Å². The highest BCUT2D eigenvalue weighted by molar-refractivity contribution is 5.53. The van der Waals surface area contributed by atoms with Gasteiger partial charge in [0.05, 0.1) is 0 Å². The summed E-state index contributed by atoms with van der Waals surface area (Å²) in [6.45, 7) is 0.990. The van der Waals surface area contributed by atoms with Gasteiger partial charge in [-0.25, -0.2) is 0 Å². The van der Waals surface area contributed by atoms with Crippen LogP contribution in [-0.2, 0) is 13.0 Å². The lowest BCUT2D eigenvalue weighted by molar-refractivity contribution is 0.402. The summed E-state index contributed by atoms with van der Waals surface area (Å²) in [6.07, 6.45) is 0.963. The predicted molar refractivity (Wildman–Crippen MR) is 86.2 cm³/mol. The third-order valence-corrected chi connectivity index (χ3v) is 3.33. The van der Waals surface area contributed by atoms with E-state index in [-0.39, 0.29) is 0 Å². The van der Waals surface area contributed by atoms with Gasteiger partial charge in [0, 0.05) is 26.3 Å². The Bertz CT molecular complexity index is 542. The van der Waals surface area contributed by atoms with Crippen LogP contribution in [0.5, 0.6) is 0 Å². The maximum absolute atomic E-state index is 3.15. The Morgan fingerprint density at radius 1 is 0.900 bits per heavy atom. The number of benzene rings is 2. The van der Waals surface area contributed by atoms with Crippen LogP contribution in [0.1, 0.15) is 16.7 Å². The number of hydrogen-bond donors (Lipinski definition) is 0. The molecule has 0 heterocycles. The lowest BCUT2D eigenvalue weighted by Crippen LogP contribution is -2.11. The topological polar surface area (TPSA) is 6.48 Å². The van der Waals surface area contributed by atoms with Crippen molar-refractivity contribution < 1.29 is 0 Å². The zero-order valence-corrected chi connectivity index (χ0v) is 12.9. The van der Waals surface area contributed by atoms with Crippen molar-refractivity contribution in [2.24, 2.45) is 0 Å². The van der Waals surface area contributed by atoms with Crippen molar-refractivity contribution in [2.75, 3.05) is 33.1 Å². The average Bonchev–Trinajstić information content (AvgIpc) is 2.41. The van der Waals surface area contributed by atoms with Crippen LogP contribution in [0.4, 0.5) is 5.69 Å². The third kappa shape index (κ3) is 3.84. The highest BCUT2D eigenvalue weighted by Gasteiger charge is 2.05. The molecule has 0 atom stereocenters. The van der Waals surface area contributed by atoms with E-state index in [4.69, 9.17) is 0 Å². The summed E-state index contributed by atoms with van der Waals surface area (Å²) in [5.41, 5.74) is 5.29. The van der Waals surface area contributed by atoms with Crippen LogP contribution in [-0.4, -0.2) is 33.1 Å². The summed E-state index contributed by atoms with van der Waals surface area (Å²) < 4.78 is 0. The zero-order chi connectivity index (χ0) is 14.5. The van der Waals surface area contributed by atoms with Crippen LogP contribution < -0.4 is 4.90 Å². The van der Waals surface area contributed by atoms with Crippen molar-refractivity contribution in [1.29, 1.82) is 0 Å². The van der Waals surface area contributed by atoms with Crippen LogP contribution in [0, 0.1) is 6.07 Å². The van der Waals surface area contributed by atoms with Gasteiger partial charge >= 0.3 is 0 Å². The molecular formula is C18H23N2. The summed E-state index contributed by atoms with van der Waals surface area (Å²) in [6, 6.07) is 18.3. The smallest absolute Gasteiger partial charge is 0.0403 e. The van der Waals surface area contributed by atoms with Crippen molar-refractivity contribution in [3.8, 4) is 0 Å². The van der Waals surface area contributed by atoms with E-state index in [1.807, 2.05) is 6.07 Å². The van der Waals surface area contributed by atoms with E-state index >= 15 is 0 Å². The van der Waals surface area contributed by atoms with E-state index in [0.717, 1.165) is 13.0 Å². The van der Waals surface area contributed by atoms with E-state index in [0.29, 0.717) is 0 Å². The fourth-order valence-electron chi connectivity index (χ4n) is 2.37.